The first-order valence-corrected chi connectivity index (χ1v) is 10.3. The average Bonchev–Trinajstić information content (AvgIpc) is 3.11. The molecule has 7 heteroatoms. The third-order valence-corrected chi connectivity index (χ3v) is 5.60. The normalized spacial score (nSPS) is 10.5. The molecule has 3 aromatic rings. The fourth-order valence-corrected chi connectivity index (χ4v) is 4.06. The molecule has 134 valence electrons. The van der Waals surface area contributed by atoms with Gasteiger partial charge in [-0.3, -0.25) is 4.79 Å². The van der Waals surface area contributed by atoms with Gasteiger partial charge >= 0.3 is 0 Å². The van der Waals surface area contributed by atoms with E-state index in [-0.39, 0.29) is 5.91 Å². The van der Waals surface area contributed by atoms with Gasteiger partial charge in [0.1, 0.15) is 5.75 Å². The van der Waals surface area contributed by atoms with Crippen molar-refractivity contribution in [3.63, 3.8) is 0 Å². The van der Waals surface area contributed by atoms with Crippen LogP contribution in [0.25, 0.3) is 11.3 Å². The van der Waals surface area contributed by atoms with E-state index in [0.29, 0.717) is 21.7 Å². The standard InChI is InChI=1S/C19H17ClN2O2S2/c1-24-17-8-7-14(9-15(17)20)16-11-26-19(21-16)22-18(23)12-25-10-13-5-3-2-4-6-13/h2-9,11H,10,12H2,1H3,(H,21,22,23). The number of thioether (sulfide) groups is 1. The van der Waals surface area contributed by atoms with E-state index in [0.717, 1.165) is 17.0 Å². The summed E-state index contributed by atoms with van der Waals surface area (Å²) in [5, 5.41) is 5.85. The highest BCUT2D eigenvalue weighted by Crippen LogP contribution is 2.31. The Bertz CT molecular complexity index is 884. The molecule has 1 amide bonds. The van der Waals surface area contributed by atoms with Crippen molar-refractivity contribution in [3.8, 4) is 17.0 Å². The van der Waals surface area contributed by atoms with Crippen molar-refractivity contribution in [3.05, 3.63) is 64.5 Å². The number of anilines is 1. The van der Waals surface area contributed by atoms with Gasteiger partial charge in [0.25, 0.3) is 0 Å². The minimum absolute atomic E-state index is 0.0559. The van der Waals surface area contributed by atoms with Gasteiger partial charge in [0.2, 0.25) is 5.91 Å². The maximum absolute atomic E-state index is 12.1. The molecule has 4 nitrogen and oxygen atoms in total. The molecule has 1 heterocycles. The number of carbonyl (C=O) groups is 1. The number of carbonyl (C=O) groups excluding carboxylic acids is 1. The van der Waals surface area contributed by atoms with Crippen LogP contribution in [-0.4, -0.2) is 23.8 Å². The molecule has 0 radical (unpaired) electrons. The summed E-state index contributed by atoms with van der Waals surface area (Å²) < 4.78 is 5.15. The smallest absolute Gasteiger partial charge is 0.236 e. The van der Waals surface area contributed by atoms with Gasteiger partial charge in [-0.25, -0.2) is 4.98 Å². The Labute approximate surface area is 165 Å². The predicted octanol–water partition coefficient (Wildman–Crippen LogP) is 5.34. The summed E-state index contributed by atoms with van der Waals surface area (Å²) in [7, 11) is 1.58. The topological polar surface area (TPSA) is 51.2 Å². The number of amides is 1. The van der Waals surface area contributed by atoms with Crippen molar-refractivity contribution in [2.75, 3.05) is 18.2 Å². The lowest BCUT2D eigenvalue weighted by Crippen LogP contribution is -2.13. The molecule has 0 aliphatic rings. The molecule has 0 bridgehead atoms. The van der Waals surface area contributed by atoms with Gasteiger partial charge in [-0.1, -0.05) is 41.9 Å². The Balaban J connectivity index is 1.54. The second kappa shape index (κ2) is 9.07. The summed E-state index contributed by atoms with van der Waals surface area (Å²) in [6.07, 6.45) is 0. The summed E-state index contributed by atoms with van der Waals surface area (Å²) in [6.45, 7) is 0. The molecule has 0 unspecified atom stereocenters. The van der Waals surface area contributed by atoms with Crippen molar-refractivity contribution >= 4 is 45.7 Å². The number of hydrogen-bond donors (Lipinski definition) is 1. The Morgan fingerprint density at radius 3 is 2.81 bits per heavy atom. The number of benzene rings is 2. The van der Waals surface area contributed by atoms with Crippen LogP contribution in [0.15, 0.2) is 53.9 Å². The Kier molecular flexibility index (Phi) is 6.55. The summed E-state index contributed by atoms with van der Waals surface area (Å²) >= 11 is 9.12. The first kappa shape index (κ1) is 18.8. The number of ether oxygens (including phenoxy) is 1. The van der Waals surface area contributed by atoms with Crippen LogP contribution in [0.4, 0.5) is 5.13 Å². The van der Waals surface area contributed by atoms with Gasteiger partial charge in [-0.15, -0.1) is 23.1 Å². The predicted molar refractivity (Wildman–Crippen MR) is 110 cm³/mol. The largest absolute Gasteiger partial charge is 0.495 e. The van der Waals surface area contributed by atoms with Crippen molar-refractivity contribution in [1.82, 2.24) is 4.98 Å². The summed E-state index contributed by atoms with van der Waals surface area (Å²) in [6, 6.07) is 15.6. The molecule has 0 fully saturated rings. The van der Waals surface area contributed by atoms with Crippen LogP contribution in [0.3, 0.4) is 0 Å². The van der Waals surface area contributed by atoms with E-state index in [1.807, 2.05) is 29.6 Å². The third kappa shape index (κ3) is 5.00. The molecule has 26 heavy (non-hydrogen) atoms. The lowest BCUT2D eigenvalue weighted by molar-refractivity contribution is -0.113. The van der Waals surface area contributed by atoms with Gasteiger partial charge in [-0.2, -0.15) is 0 Å². The number of hydrogen-bond acceptors (Lipinski definition) is 5. The van der Waals surface area contributed by atoms with E-state index in [4.69, 9.17) is 16.3 Å². The van der Waals surface area contributed by atoms with Crippen molar-refractivity contribution in [2.45, 2.75) is 5.75 Å². The zero-order chi connectivity index (χ0) is 18.4. The highest BCUT2D eigenvalue weighted by molar-refractivity contribution is 7.99. The fraction of sp³-hybridized carbons (Fsp3) is 0.158. The van der Waals surface area contributed by atoms with E-state index < -0.39 is 0 Å². The quantitative estimate of drug-likeness (QED) is 0.577. The second-order valence-corrected chi connectivity index (χ2v) is 7.66. The Morgan fingerprint density at radius 2 is 2.08 bits per heavy atom. The van der Waals surface area contributed by atoms with Gasteiger partial charge in [0.05, 0.1) is 23.6 Å². The van der Waals surface area contributed by atoms with Crippen LogP contribution < -0.4 is 10.1 Å². The molecule has 1 aromatic heterocycles. The van der Waals surface area contributed by atoms with Crippen LogP contribution >= 0.6 is 34.7 Å². The number of rotatable bonds is 7. The molecule has 3 rings (SSSR count). The first-order valence-electron chi connectivity index (χ1n) is 7.86. The van der Waals surface area contributed by atoms with E-state index in [1.165, 1.54) is 16.9 Å². The maximum Gasteiger partial charge on any atom is 0.236 e. The zero-order valence-corrected chi connectivity index (χ0v) is 16.5. The number of halogens is 1. The highest BCUT2D eigenvalue weighted by Gasteiger charge is 2.10. The number of thiazole rings is 1. The van der Waals surface area contributed by atoms with Gasteiger partial charge in [-0.05, 0) is 23.8 Å². The molecule has 0 aliphatic carbocycles. The van der Waals surface area contributed by atoms with E-state index in [1.54, 1.807) is 31.0 Å². The fourth-order valence-electron chi connectivity index (χ4n) is 2.28. The summed E-state index contributed by atoms with van der Waals surface area (Å²) in [5.41, 5.74) is 2.86. The molecule has 1 N–H and O–H groups in total. The second-order valence-electron chi connectivity index (χ2n) is 5.41. The molecule has 0 spiro atoms. The first-order chi connectivity index (χ1) is 12.7. The molecular weight excluding hydrogens is 388 g/mol. The average molecular weight is 405 g/mol. The van der Waals surface area contributed by atoms with Crippen molar-refractivity contribution in [1.29, 1.82) is 0 Å². The zero-order valence-electron chi connectivity index (χ0n) is 14.1. The molecular formula is C19H17ClN2O2S2. The number of nitrogens with zero attached hydrogens (tertiary/aromatic N) is 1. The van der Waals surface area contributed by atoms with Crippen molar-refractivity contribution < 1.29 is 9.53 Å². The van der Waals surface area contributed by atoms with Crippen LogP contribution in [0, 0.1) is 0 Å². The van der Waals surface area contributed by atoms with Gasteiger partial charge in [0.15, 0.2) is 5.13 Å². The van der Waals surface area contributed by atoms with Crippen LogP contribution in [0.5, 0.6) is 5.75 Å². The van der Waals surface area contributed by atoms with Gasteiger partial charge in [0, 0.05) is 16.7 Å². The SMILES string of the molecule is COc1ccc(-c2csc(NC(=O)CSCc3ccccc3)n2)cc1Cl. The van der Waals surface area contributed by atoms with Crippen LogP contribution in [0.2, 0.25) is 5.02 Å². The highest BCUT2D eigenvalue weighted by atomic mass is 35.5. The van der Waals surface area contributed by atoms with Gasteiger partial charge < -0.3 is 10.1 Å². The van der Waals surface area contributed by atoms with E-state index >= 15 is 0 Å². The third-order valence-electron chi connectivity index (χ3n) is 3.54. The molecule has 2 aromatic carbocycles. The van der Waals surface area contributed by atoms with Crippen molar-refractivity contribution in [2.24, 2.45) is 0 Å². The van der Waals surface area contributed by atoms with E-state index in [9.17, 15) is 4.79 Å². The molecule has 0 saturated heterocycles. The Hall–Kier alpha value is -2.02. The minimum Gasteiger partial charge on any atom is -0.495 e. The summed E-state index contributed by atoms with van der Waals surface area (Å²) in [4.78, 5) is 16.5. The lowest BCUT2D eigenvalue weighted by atomic mass is 10.2. The van der Waals surface area contributed by atoms with Crippen LogP contribution in [0.1, 0.15) is 5.56 Å². The number of methoxy groups -OCH3 is 1. The lowest BCUT2D eigenvalue weighted by Gasteiger charge is -2.04. The molecule has 0 aliphatic heterocycles. The number of nitrogens with one attached hydrogen (secondary N) is 1. The molecule has 0 saturated carbocycles. The maximum atomic E-state index is 12.1. The monoisotopic (exact) mass is 404 g/mol. The number of aromatic nitrogens is 1. The molecule has 0 atom stereocenters. The Morgan fingerprint density at radius 1 is 1.27 bits per heavy atom. The van der Waals surface area contributed by atoms with Crippen LogP contribution in [-0.2, 0) is 10.5 Å². The minimum atomic E-state index is -0.0559. The summed E-state index contributed by atoms with van der Waals surface area (Å²) in [5.74, 6) is 1.76. The van der Waals surface area contributed by atoms with E-state index in [2.05, 4.69) is 22.4 Å².